The maximum atomic E-state index is 11.8. The van der Waals surface area contributed by atoms with E-state index in [-0.39, 0.29) is 29.8 Å². The van der Waals surface area contributed by atoms with Crippen LogP contribution in [0.25, 0.3) is 0 Å². The Hall–Kier alpha value is -1.79. The van der Waals surface area contributed by atoms with Gasteiger partial charge in [0.05, 0.1) is 5.92 Å². The second-order valence-corrected chi connectivity index (χ2v) is 5.88. The van der Waals surface area contributed by atoms with Crippen LogP contribution in [0.1, 0.15) is 38.5 Å². The Morgan fingerprint density at radius 3 is 2.67 bits per heavy atom. The van der Waals surface area contributed by atoms with E-state index >= 15 is 0 Å². The molecule has 3 amide bonds. The van der Waals surface area contributed by atoms with Gasteiger partial charge in [0.25, 0.3) is 0 Å². The number of carbonyl (C=O) groups is 3. The molecule has 2 rings (SSSR count). The maximum absolute atomic E-state index is 11.8. The molecule has 0 spiro atoms. The third-order valence-corrected chi connectivity index (χ3v) is 4.35. The maximum Gasteiger partial charge on any atom is 0.315 e. The molecule has 2 fully saturated rings. The first-order valence-electron chi connectivity index (χ1n) is 7.60. The zero-order valence-electron chi connectivity index (χ0n) is 12.1. The summed E-state index contributed by atoms with van der Waals surface area (Å²) in [6.07, 6.45) is 4.57. The summed E-state index contributed by atoms with van der Waals surface area (Å²) in [5.41, 5.74) is 0. The molecule has 0 bridgehead atoms. The summed E-state index contributed by atoms with van der Waals surface area (Å²) >= 11 is 0. The molecule has 21 heavy (non-hydrogen) atoms. The van der Waals surface area contributed by atoms with Crippen LogP contribution >= 0.6 is 0 Å². The van der Waals surface area contributed by atoms with Crippen LogP contribution in [0.3, 0.4) is 0 Å². The minimum atomic E-state index is -0.767. The van der Waals surface area contributed by atoms with Gasteiger partial charge in [0, 0.05) is 25.6 Å². The van der Waals surface area contributed by atoms with Gasteiger partial charge < -0.3 is 21.1 Å². The Morgan fingerprint density at radius 2 is 2.00 bits per heavy atom. The molecule has 118 valence electrons. The molecule has 0 radical (unpaired) electrons. The molecule has 3 unspecified atom stereocenters. The Bertz CT molecular complexity index is 403. The van der Waals surface area contributed by atoms with Crippen molar-refractivity contribution in [2.45, 2.75) is 44.6 Å². The number of carbonyl (C=O) groups excluding carboxylic acids is 2. The normalized spacial score (nSPS) is 29.3. The van der Waals surface area contributed by atoms with E-state index < -0.39 is 5.97 Å². The molecule has 0 aromatic rings. The van der Waals surface area contributed by atoms with E-state index in [0.29, 0.717) is 32.4 Å². The van der Waals surface area contributed by atoms with Gasteiger partial charge >= 0.3 is 12.0 Å². The van der Waals surface area contributed by atoms with Crippen LogP contribution in [0, 0.1) is 11.8 Å². The Balaban J connectivity index is 1.72. The molecule has 1 saturated carbocycles. The monoisotopic (exact) mass is 297 g/mol. The number of urea groups is 1. The van der Waals surface area contributed by atoms with Crippen molar-refractivity contribution < 1.29 is 19.5 Å². The third-order valence-electron chi connectivity index (χ3n) is 4.35. The zero-order chi connectivity index (χ0) is 15.2. The van der Waals surface area contributed by atoms with Crippen molar-refractivity contribution in [2.75, 3.05) is 13.1 Å². The van der Waals surface area contributed by atoms with E-state index in [9.17, 15) is 19.5 Å². The first-order chi connectivity index (χ1) is 10.1. The standard InChI is InChI=1S/C14H23N3O4/c18-12-6-5-10(8-15-12)17-14(21)16-7-9-3-1-2-4-11(9)13(19)20/h9-11H,1-8H2,(H,15,18)(H,19,20)(H2,16,17,21). The number of piperidine rings is 1. The van der Waals surface area contributed by atoms with Gasteiger partial charge in [0.15, 0.2) is 0 Å². The van der Waals surface area contributed by atoms with E-state index in [1.54, 1.807) is 0 Å². The van der Waals surface area contributed by atoms with Gasteiger partial charge in [-0.3, -0.25) is 9.59 Å². The fourth-order valence-corrected chi connectivity index (χ4v) is 3.09. The van der Waals surface area contributed by atoms with Gasteiger partial charge in [-0.25, -0.2) is 4.79 Å². The van der Waals surface area contributed by atoms with Crippen molar-refractivity contribution in [1.82, 2.24) is 16.0 Å². The molecule has 1 heterocycles. The summed E-state index contributed by atoms with van der Waals surface area (Å²) in [4.78, 5) is 34.0. The molecule has 0 aromatic heterocycles. The van der Waals surface area contributed by atoms with Crippen molar-refractivity contribution >= 4 is 17.9 Å². The summed E-state index contributed by atoms with van der Waals surface area (Å²) in [5, 5.41) is 17.5. The third kappa shape index (κ3) is 4.61. The van der Waals surface area contributed by atoms with Gasteiger partial charge in [-0.2, -0.15) is 0 Å². The Morgan fingerprint density at radius 1 is 1.24 bits per heavy atom. The van der Waals surface area contributed by atoms with Gasteiger partial charge in [-0.1, -0.05) is 12.8 Å². The van der Waals surface area contributed by atoms with Crippen LogP contribution in [0.15, 0.2) is 0 Å². The molecule has 3 atom stereocenters. The molecule has 0 aromatic carbocycles. The number of carboxylic acid groups (broad SMARTS) is 1. The van der Waals surface area contributed by atoms with Gasteiger partial charge in [0.2, 0.25) is 5.91 Å². The van der Waals surface area contributed by atoms with Crippen LogP contribution in [-0.4, -0.2) is 42.1 Å². The fourth-order valence-electron chi connectivity index (χ4n) is 3.09. The largest absolute Gasteiger partial charge is 0.481 e. The van der Waals surface area contributed by atoms with E-state index in [2.05, 4.69) is 16.0 Å². The number of amides is 3. The van der Waals surface area contributed by atoms with Gasteiger partial charge in [0.1, 0.15) is 0 Å². The highest BCUT2D eigenvalue weighted by atomic mass is 16.4. The summed E-state index contributed by atoms with van der Waals surface area (Å²) in [6, 6.07) is -0.338. The number of hydrogen-bond donors (Lipinski definition) is 4. The predicted octanol–water partition coefficient (Wildman–Crippen LogP) is 0.455. The topological polar surface area (TPSA) is 108 Å². The zero-order valence-corrected chi connectivity index (χ0v) is 12.1. The lowest BCUT2D eigenvalue weighted by Gasteiger charge is -2.29. The molecular weight excluding hydrogens is 274 g/mol. The number of carboxylic acids is 1. The number of aliphatic carboxylic acids is 1. The fraction of sp³-hybridized carbons (Fsp3) is 0.786. The minimum Gasteiger partial charge on any atom is -0.481 e. The summed E-state index contributed by atoms with van der Waals surface area (Å²) in [6.45, 7) is 0.843. The molecule has 1 aliphatic carbocycles. The Labute approximate surface area is 123 Å². The van der Waals surface area contributed by atoms with Crippen molar-refractivity contribution in [3.8, 4) is 0 Å². The molecule has 7 nitrogen and oxygen atoms in total. The lowest BCUT2D eigenvalue weighted by Crippen LogP contribution is -2.51. The van der Waals surface area contributed by atoms with Crippen LogP contribution in [0.4, 0.5) is 4.79 Å². The molecule has 4 N–H and O–H groups in total. The van der Waals surface area contributed by atoms with Crippen molar-refractivity contribution in [2.24, 2.45) is 11.8 Å². The van der Waals surface area contributed by atoms with Crippen molar-refractivity contribution in [1.29, 1.82) is 0 Å². The Kier molecular flexibility index (Phi) is 5.41. The van der Waals surface area contributed by atoms with Gasteiger partial charge in [-0.15, -0.1) is 0 Å². The quantitative estimate of drug-likeness (QED) is 0.604. The van der Waals surface area contributed by atoms with Crippen LogP contribution in [-0.2, 0) is 9.59 Å². The average molecular weight is 297 g/mol. The predicted molar refractivity (Wildman–Crippen MR) is 75.6 cm³/mol. The lowest BCUT2D eigenvalue weighted by atomic mass is 9.79. The highest BCUT2D eigenvalue weighted by Gasteiger charge is 2.31. The molecule has 2 aliphatic rings. The first-order valence-corrected chi connectivity index (χ1v) is 7.60. The molecule has 1 aliphatic heterocycles. The molecular formula is C14H23N3O4. The van der Waals surface area contributed by atoms with E-state index in [1.165, 1.54) is 0 Å². The van der Waals surface area contributed by atoms with Crippen molar-refractivity contribution in [3.63, 3.8) is 0 Å². The number of nitrogens with one attached hydrogen (secondary N) is 3. The number of hydrogen-bond acceptors (Lipinski definition) is 3. The minimum absolute atomic E-state index is 0.00746. The smallest absolute Gasteiger partial charge is 0.315 e. The van der Waals surface area contributed by atoms with Crippen molar-refractivity contribution in [3.05, 3.63) is 0 Å². The van der Waals surface area contributed by atoms with Crippen LogP contribution in [0.2, 0.25) is 0 Å². The number of rotatable bonds is 4. The lowest BCUT2D eigenvalue weighted by molar-refractivity contribution is -0.144. The first kappa shape index (κ1) is 15.6. The van der Waals surface area contributed by atoms with E-state index in [4.69, 9.17) is 0 Å². The van der Waals surface area contributed by atoms with E-state index in [0.717, 1.165) is 19.3 Å². The SMILES string of the molecule is O=C1CCC(NC(=O)NCC2CCCCC2C(=O)O)CN1. The molecule has 7 heteroatoms. The van der Waals surface area contributed by atoms with E-state index in [1.807, 2.05) is 0 Å². The second-order valence-electron chi connectivity index (χ2n) is 5.88. The van der Waals surface area contributed by atoms with Crippen LogP contribution < -0.4 is 16.0 Å². The average Bonchev–Trinajstić information content (AvgIpc) is 2.48. The summed E-state index contributed by atoms with van der Waals surface area (Å²) in [5.74, 6) is -1.10. The second kappa shape index (κ2) is 7.28. The summed E-state index contributed by atoms with van der Waals surface area (Å²) in [7, 11) is 0. The highest BCUT2D eigenvalue weighted by molar-refractivity contribution is 5.78. The van der Waals surface area contributed by atoms with Gasteiger partial charge in [-0.05, 0) is 25.2 Å². The molecule has 1 saturated heterocycles. The van der Waals surface area contributed by atoms with Crippen LogP contribution in [0.5, 0.6) is 0 Å². The highest BCUT2D eigenvalue weighted by Crippen LogP contribution is 2.29. The summed E-state index contributed by atoms with van der Waals surface area (Å²) < 4.78 is 0.